The van der Waals surface area contributed by atoms with E-state index in [4.69, 9.17) is 0 Å². The van der Waals surface area contributed by atoms with Crippen LogP contribution in [0.3, 0.4) is 0 Å². The smallest absolute Gasteiger partial charge is 0.0636 e. The molecule has 1 saturated carbocycles. The second-order valence-electron chi connectivity index (χ2n) is 6.06. The summed E-state index contributed by atoms with van der Waals surface area (Å²) in [6.07, 6.45) is 6.74. The van der Waals surface area contributed by atoms with Crippen LogP contribution in [0.4, 0.5) is 0 Å². The van der Waals surface area contributed by atoms with Gasteiger partial charge in [0.15, 0.2) is 0 Å². The summed E-state index contributed by atoms with van der Waals surface area (Å²) in [4.78, 5) is 0. The largest absolute Gasteiger partial charge is 0.392 e. The lowest BCUT2D eigenvalue weighted by Crippen LogP contribution is -2.33. The summed E-state index contributed by atoms with van der Waals surface area (Å²) < 4.78 is 0. The van der Waals surface area contributed by atoms with Gasteiger partial charge in [0.1, 0.15) is 0 Å². The zero-order valence-corrected chi connectivity index (χ0v) is 12.0. The third kappa shape index (κ3) is 2.61. The molecule has 1 unspecified atom stereocenters. The molecule has 0 aromatic heterocycles. The molecule has 1 heteroatoms. The van der Waals surface area contributed by atoms with E-state index in [9.17, 15) is 5.11 Å². The molecule has 0 radical (unpaired) electrons. The molecule has 0 heterocycles. The molecular formula is C17H26O. The molecule has 1 fully saturated rings. The van der Waals surface area contributed by atoms with Crippen LogP contribution in [0.5, 0.6) is 0 Å². The molecule has 1 aliphatic rings. The van der Waals surface area contributed by atoms with Gasteiger partial charge >= 0.3 is 0 Å². The number of benzene rings is 1. The Hall–Kier alpha value is -0.820. The first-order valence-corrected chi connectivity index (χ1v) is 7.31. The van der Waals surface area contributed by atoms with Crippen LogP contribution in [0, 0.1) is 19.3 Å². The van der Waals surface area contributed by atoms with Crippen LogP contribution < -0.4 is 0 Å². The highest BCUT2D eigenvalue weighted by Gasteiger charge is 2.38. The third-order valence-electron chi connectivity index (χ3n) is 5.01. The highest BCUT2D eigenvalue weighted by atomic mass is 16.3. The molecule has 0 aliphatic heterocycles. The van der Waals surface area contributed by atoms with Gasteiger partial charge in [0.2, 0.25) is 0 Å². The fraction of sp³-hybridized carbons (Fsp3) is 0.647. The highest BCUT2D eigenvalue weighted by molar-refractivity contribution is 5.30. The van der Waals surface area contributed by atoms with Gasteiger partial charge in [-0.3, -0.25) is 0 Å². The number of hydrogen-bond acceptors (Lipinski definition) is 1. The summed E-state index contributed by atoms with van der Waals surface area (Å²) in [7, 11) is 0. The maximum absolute atomic E-state index is 10.6. The highest BCUT2D eigenvalue weighted by Crippen LogP contribution is 2.44. The van der Waals surface area contributed by atoms with Crippen molar-refractivity contribution in [1.82, 2.24) is 0 Å². The van der Waals surface area contributed by atoms with E-state index >= 15 is 0 Å². The monoisotopic (exact) mass is 246 g/mol. The SMILES string of the molecule is CCC1(C(O)Cc2ccc(C)c(C)c2)CCCC1. The Labute approximate surface area is 111 Å². The van der Waals surface area contributed by atoms with Crippen LogP contribution >= 0.6 is 0 Å². The van der Waals surface area contributed by atoms with Crippen LogP contribution in [0.25, 0.3) is 0 Å². The van der Waals surface area contributed by atoms with Crippen LogP contribution in [0.1, 0.15) is 55.7 Å². The molecular weight excluding hydrogens is 220 g/mol. The van der Waals surface area contributed by atoms with Crippen molar-refractivity contribution in [3.05, 3.63) is 34.9 Å². The Balaban J connectivity index is 2.10. The van der Waals surface area contributed by atoms with E-state index in [1.54, 1.807) is 0 Å². The Kier molecular flexibility index (Phi) is 4.11. The summed E-state index contributed by atoms with van der Waals surface area (Å²) in [5.41, 5.74) is 4.14. The summed E-state index contributed by atoms with van der Waals surface area (Å²) in [6, 6.07) is 6.57. The van der Waals surface area contributed by atoms with Gasteiger partial charge in [-0.2, -0.15) is 0 Å². The summed E-state index contributed by atoms with van der Waals surface area (Å²) in [5.74, 6) is 0. The Morgan fingerprint density at radius 1 is 1.17 bits per heavy atom. The fourth-order valence-electron chi connectivity index (χ4n) is 3.37. The van der Waals surface area contributed by atoms with E-state index < -0.39 is 0 Å². The fourth-order valence-corrected chi connectivity index (χ4v) is 3.37. The van der Waals surface area contributed by atoms with Gasteiger partial charge in [-0.1, -0.05) is 38.0 Å². The zero-order chi connectivity index (χ0) is 13.2. The minimum Gasteiger partial charge on any atom is -0.392 e. The normalized spacial score (nSPS) is 20.0. The van der Waals surface area contributed by atoms with E-state index in [2.05, 4.69) is 39.0 Å². The molecule has 18 heavy (non-hydrogen) atoms. The summed E-state index contributed by atoms with van der Waals surface area (Å²) in [6.45, 7) is 6.52. The van der Waals surface area contributed by atoms with Crippen molar-refractivity contribution in [2.24, 2.45) is 5.41 Å². The van der Waals surface area contributed by atoms with Crippen molar-refractivity contribution in [1.29, 1.82) is 0 Å². The first-order valence-electron chi connectivity index (χ1n) is 7.31. The van der Waals surface area contributed by atoms with Gasteiger partial charge in [-0.05, 0) is 61.6 Å². The Morgan fingerprint density at radius 2 is 1.83 bits per heavy atom. The van der Waals surface area contributed by atoms with Gasteiger partial charge in [0.05, 0.1) is 6.10 Å². The lowest BCUT2D eigenvalue weighted by atomic mass is 9.75. The van der Waals surface area contributed by atoms with Crippen molar-refractivity contribution < 1.29 is 5.11 Å². The lowest BCUT2D eigenvalue weighted by molar-refractivity contribution is 0.0257. The molecule has 1 atom stereocenters. The van der Waals surface area contributed by atoms with Gasteiger partial charge in [0.25, 0.3) is 0 Å². The molecule has 0 spiro atoms. The molecule has 0 saturated heterocycles. The second-order valence-corrected chi connectivity index (χ2v) is 6.06. The first kappa shape index (κ1) is 13.6. The quantitative estimate of drug-likeness (QED) is 0.845. The number of aryl methyl sites for hydroxylation is 2. The minimum atomic E-state index is -0.174. The predicted molar refractivity (Wildman–Crippen MR) is 76.8 cm³/mol. The average molecular weight is 246 g/mol. The van der Waals surface area contributed by atoms with E-state index in [1.807, 2.05) is 0 Å². The molecule has 1 aromatic carbocycles. The number of hydrogen-bond donors (Lipinski definition) is 1. The van der Waals surface area contributed by atoms with Gasteiger partial charge in [0, 0.05) is 0 Å². The maximum Gasteiger partial charge on any atom is 0.0636 e. The van der Waals surface area contributed by atoms with E-state index in [0.29, 0.717) is 0 Å². The van der Waals surface area contributed by atoms with Crippen LogP contribution in [0.2, 0.25) is 0 Å². The van der Waals surface area contributed by atoms with Crippen molar-refractivity contribution in [3.8, 4) is 0 Å². The topological polar surface area (TPSA) is 20.2 Å². The first-order chi connectivity index (χ1) is 8.57. The molecule has 2 rings (SSSR count). The van der Waals surface area contributed by atoms with E-state index in [-0.39, 0.29) is 11.5 Å². The van der Waals surface area contributed by atoms with Crippen LogP contribution in [-0.2, 0) is 6.42 Å². The number of aliphatic hydroxyl groups is 1. The molecule has 1 nitrogen and oxygen atoms in total. The maximum atomic E-state index is 10.6. The Morgan fingerprint density at radius 3 is 2.39 bits per heavy atom. The Bertz CT molecular complexity index is 402. The summed E-state index contributed by atoms with van der Waals surface area (Å²) in [5, 5.41) is 10.6. The number of rotatable bonds is 4. The molecule has 0 amide bonds. The molecule has 1 N–H and O–H groups in total. The molecule has 1 aliphatic carbocycles. The minimum absolute atomic E-state index is 0.174. The lowest BCUT2D eigenvalue weighted by Gasteiger charge is -2.33. The van der Waals surface area contributed by atoms with Gasteiger partial charge < -0.3 is 5.11 Å². The van der Waals surface area contributed by atoms with Crippen molar-refractivity contribution in [2.75, 3.05) is 0 Å². The van der Waals surface area contributed by atoms with Crippen LogP contribution in [-0.4, -0.2) is 11.2 Å². The van der Waals surface area contributed by atoms with Crippen molar-refractivity contribution in [3.63, 3.8) is 0 Å². The third-order valence-corrected chi connectivity index (χ3v) is 5.01. The summed E-state index contributed by atoms with van der Waals surface area (Å²) >= 11 is 0. The van der Waals surface area contributed by atoms with Crippen molar-refractivity contribution >= 4 is 0 Å². The molecule has 100 valence electrons. The average Bonchev–Trinajstić information content (AvgIpc) is 2.84. The number of aliphatic hydroxyl groups excluding tert-OH is 1. The second kappa shape index (κ2) is 5.44. The van der Waals surface area contributed by atoms with Crippen molar-refractivity contribution in [2.45, 2.75) is 65.4 Å². The predicted octanol–water partition coefficient (Wildman–Crippen LogP) is 4.18. The molecule has 0 bridgehead atoms. The van der Waals surface area contributed by atoms with Crippen LogP contribution in [0.15, 0.2) is 18.2 Å². The van der Waals surface area contributed by atoms with E-state index in [1.165, 1.54) is 42.4 Å². The standard InChI is InChI=1S/C17H26O/c1-4-17(9-5-6-10-17)16(18)12-15-8-7-13(2)14(3)11-15/h7-8,11,16,18H,4-6,9-10,12H2,1-3H3. The zero-order valence-electron chi connectivity index (χ0n) is 12.0. The van der Waals surface area contributed by atoms with E-state index in [0.717, 1.165) is 12.8 Å². The molecule has 1 aromatic rings. The van der Waals surface area contributed by atoms with Gasteiger partial charge in [-0.15, -0.1) is 0 Å². The van der Waals surface area contributed by atoms with Gasteiger partial charge in [-0.25, -0.2) is 0 Å².